The molecule has 1 heterocycles. The molecule has 1 rings (SSSR count). The lowest BCUT2D eigenvalue weighted by Gasteiger charge is -2.29. The van der Waals surface area contributed by atoms with Crippen LogP contribution < -0.4 is 5.32 Å². The monoisotopic (exact) mass is 195 g/mol. The topological polar surface area (TPSA) is 58.0 Å². The second-order valence-electron chi connectivity index (χ2n) is 3.85. The average Bonchev–Trinajstić information content (AvgIpc) is 2.14. The van der Waals surface area contributed by atoms with E-state index >= 15 is 0 Å². The van der Waals surface area contributed by atoms with E-state index in [1.54, 1.807) is 26.1 Å². The van der Waals surface area contributed by atoms with E-state index < -0.39 is 5.60 Å². The fourth-order valence-electron chi connectivity index (χ4n) is 1.33. The quantitative estimate of drug-likeness (QED) is 0.763. The van der Waals surface area contributed by atoms with Gasteiger partial charge in [-0.2, -0.15) is 0 Å². The molecule has 0 spiro atoms. The van der Waals surface area contributed by atoms with Crippen LogP contribution in [-0.4, -0.2) is 26.7 Å². The Bertz CT molecular complexity index is 268. The summed E-state index contributed by atoms with van der Waals surface area (Å²) in [6.07, 6.45) is 4.00. The normalized spacial score (nSPS) is 13.7. The van der Waals surface area contributed by atoms with Crippen LogP contribution in [0.15, 0.2) is 18.6 Å². The van der Waals surface area contributed by atoms with Crippen LogP contribution in [0.3, 0.4) is 0 Å². The van der Waals surface area contributed by atoms with Crippen molar-refractivity contribution in [2.24, 2.45) is 0 Å². The van der Waals surface area contributed by atoms with E-state index in [-0.39, 0.29) is 6.04 Å². The first kappa shape index (κ1) is 10.9. The molecule has 4 heteroatoms. The summed E-state index contributed by atoms with van der Waals surface area (Å²) in [5.74, 6) is 0.744. The van der Waals surface area contributed by atoms with Gasteiger partial charge in [0.05, 0.1) is 11.6 Å². The molecule has 0 saturated heterocycles. The van der Waals surface area contributed by atoms with Gasteiger partial charge in [0.2, 0.25) is 0 Å². The molecule has 0 aromatic carbocycles. The zero-order chi connectivity index (χ0) is 10.6. The highest BCUT2D eigenvalue weighted by Crippen LogP contribution is 2.16. The predicted octanol–water partition coefficient (Wildman–Crippen LogP) is 1.44. The van der Waals surface area contributed by atoms with Crippen molar-refractivity contribution in [3.05, 3.63) is 18.6 Å². The molecule has 1 aromatic heterocycles. The maximum Gasteiger partial charge on any atom is 0.129 e. The molecule has 0 aliphatic rings. The zero-order valence-electron chi connectivity index (χ0n) is 8.86. The van der Waals surface area contributed by atoms with Crippen LogP contribution in [0.4, 0.5) is 5.82 Å². The van der Waals surface area contributed by atoms with Gasteiger partial charge in [0.1, 0.15) is 12.1 Å². The van der Waals surface area contributed by atoms with E-state index in [2.05, 4.69) is 15.3 Å². The second kappa shape index (κ2) is 4.37. The summed E-state index contributed by atoms with van der Waals surface area (Å²) < 4.78 is 0. The van der Waals surface area contributed by atoms with Crippen LogP contribution in [0.1, 0.15) is 27.2 Å². The summed E-state index contributed by atoms with van der Waals surface area (Å²) >= 11 is 0. The fraction of sp³-hybridized carbons (Fsp3) is 0.600. The molecule has 1 aromatic rings. The molecule has 78 valence electrons. The molecule has 4 nitrogen and oxygen atoms in total. The van der Waals surface area contributed by atoms with Crippen molar-refractivity contribution in [2.75, 3.05) is 5.32 Å². The first-order valence-electron chi connectivity index (χ1n) is 4.79. The van der Waals surface area contributed by atoms with E-state index in [1.807, 2.05) is 6.92 Å². The van der Waals surface area contributed by atoms with Crippen molar-refractivity contribution >= 4 is 5.82 Å². The zero-order valence-corrected chi connectivity index (χ0v) is 8.86. The number of aromatic nitrogens is 2. The maximum absolute atomic E-state index is 9.83. The molecule has 0 aliphatic heterocycles. The Labute approximate surface area is 84.4 Å². The standard InChI is InChI=1S/C10H17N3O/c1-4-8(10(2,3)14)13-9-5-6-11-7-12-9/h5-8,14H,4H2,1-3H3,(H,11,12,13). The minimum atomic E-state index is -0.750. The highest BCUT2D eigenvalue weighted by molar-refractivity contribution is 5.33. The molecule has 0 bridgehead atoms. The fourth-order valence-corrected chi connectivity index (χ4v) is 1.33. The molecule has 14 heavy (non-hydrogen) atoms. The van der Waals surface area contributed by atoms with Crippen LogP contribution in [0.25, 0.3) is 0 Å². The van der Waals surface area contributed by atoms with Crippen molar-refractivity contribution in [3.8, 4) is 0 Å². The van der Waals surface area contributed by atoms with Crippen molar-refractivity contribution in [3.63, 3.8) is 0 Å². The van der Waals surface area contributed by atoms with Gasteiger partial charge in [0.25, 0.3) is 0 Å². The Balaban J connectivity index is 2.67. The van der Waals surface area contributed by atoms with Crippen LogP contribution >= 0.6 is 0 Å². The van der Waals surface area contributed by atoms with Crippen LogP contribution in [0, 0.1) is 0 Å². The summed E-state index contributed by atoms with van der Waals surface area (Å²) in [5, 5.41) is 13.0. The third-order valence-corrected chi connectivity index (χ3v) is 2.17. The number of hydrogen-bond donors (Lipinski definition) is 2. The lowest BCUT2D eigenvalue weighted by atomic mass is 9.97. The summed E-state index contributed by atoms with van der Waals surface area (Å²) in [5.41, 5.74) is -0.750. The molecule has 1 atom stereocenters. The second-order valence-corrected chi connectivity index (χ2v) is 3.85. The molecular formula is C10H17N3O. The van der Waals surface area contributed by atoms with Gasteiger partial charge in [-0.05, 0) is 26.3 Å². The summed E-state index contributed by atoms with van der Waals surface area (Å²) in [4.78, 5) is 7.87. The molecular weight excluding hydrogens is 178 g/mol. The van der Waals surface area contributed by atoms with Gasteiger partial charge in [-0.15, -0.1) is 0 Å². The number of nitrogens with zero attached hydrogens (tertiary/aromatic N) is 2. The summed E-state index contributed by atoms with van der Waals surface area (Å²) in [7, 11) is 0. The molecule has 0 amide bonds. The summed E-state index contributed by atoms with van der Waals surface area (Å²) in [6, 6.07) is 1.78. The number of rotatable bonds is 4. The third-order valence-electron chi connectivity index (χ3n) is 2.17. The number of aliphatic hydroxyl groups is 1. The van der Waals surface area contributed by atoms with Crippen LogP contribution in [-0.2, 0) is 0 Å². The van der Waals surface area contributed by atoms with Crippen molar-refractivity contribution in [1.29, 1.82) is 0 Å². The van der Waals surface area contributed by atoms with E-state index in [1.165, 1.54) is 6.33 Å². The van der Waals surface area contributed by atoms with Gasteiger partial charge in [-0.25, -0.2) is 9.97 Å². The smallest absolute Gasteiger partial charge is 0.129 e. The van der Waals surface area contributed by atoms with Gasteiger partial charge < -0.3 is 10.4 Å². The highest BCUT2D eigenvalue weighted by atomic mass is 16.3. The van der Waals surface area contributed by atoms with Crippen molar-refractivity contribution in [2.45, 2.75) is 38.8 Å². The average molecular weight is 195 g/mol. The van der Waals surface area contributed by atoms with Gasteiger partial charge in [0, 0.05) is 6.20 Å². The lowest BCUT2D eigenvalue weighted by Crippen LogP contribution is -2.41. The number of hydrogen-bond acceptors (Lipinski definition) is 4. The Morgan fingerprint density at radius 2 is 2.29 bits per heavy atom. The van der Waals surface area contributed by atoms with E-state index in [0.717, 1.165) is 12.2 Å². The molecule has 0 aliphatic carbocycles. The first-order chi connectivity index (χ1) is 6.54. The molecule has 0 fully saturated rings. The first-order valence-corrected chi connectivity index (χ1v) is 4.79. The Kier molecular flexibility index (Phi) is 3.41. The van der Waals surface area contributed by atoms with E-state index in [4.69, 9.17) is 0 Å². The highest BCUT2D eigenvalue weighted by Gasteiger charge is 2.24. The Hall–Kier alpha value is -1.16. The SMILES string of the molecule is CCC(Nc1ccncn1)C(C)(C)O. The van der Waals surface area contributed by atoms with E-state index in [9.17, 15) is 5.11 Å². The number of anilines is 1. The predicted molar refractivity (Wildman–Crippen MR) is 56.0 cm³/mol. The Morgan fingerprint density at radius 3 is 2.71 bits per heavy atom. The van der Waals surface area contributed by atoms with Gasteiger partial charge in [-0.1, -0.05) is 6.92 Å². The molecule has 0 radical (unpaired) electrons. The largest absolute Gasteiger partial charge is 0.388 e. The van der Waals surface area contributed by atoms with Gasteiger partial charge >= 0.3 is 0 Å². The van der Waals surface area contributed by atoms with Gasteiger partial charge in [0.15, 0.2) is 0 Å². The van der Waals surface area contributed by atoms with Crippen LogP contribution in [0.2, 0.25) is 0 Å². The van der Waals surface area contributed by atoms with Crippen molar-refractivity contribution in [1.82, 2.24) is 9.97 Å². The van der Waals surface area contributed by atoms with E-state index in [0.29, 0.717) is 0 Å². The molecule has 2 N–H and O–H groups in total. The van der Waals surface area contributed by atoms with Crippen molar-refractivity contribution < 1.29 is 5.11 Å². The molecule has 0 saturated carbocycles. The minimum Gasteiger partial charge on any atom is -0.388 e. The van der Waals surface area contributed by atoms with Gasteiger partial charge in [-0.3, -0.25) is 0 Å². The molecule has 1 unspecified atom stereocenters. The Morgan fingerprint density at radius 1 is 1.57 bits per heavy atom. The summed E-state index contributed by atoms with van der Waals surface area (Å²) in [6.45, 7) is 5.60. The lowest BCUT2D eigenvalue weighted by molar-refractivity contribution is 0.0578. The minimum absolute atomic E-state index is 0.00241. The number of nitrogens with one attached hydrogen (secondary N) is 1. The maximum atomic E-state index is 9.83. The van der Waals surface area contributed by atoms with Crippen LogP contribution in [0.5, 0.6) is 0 Å². The third kappa shape index (κ3) is 2.96.